The van der Waals surface area contributed by atoms with E-state index in [-0.39, 0.29) is 6.04 Å². The van der Waals surface area contributed by atoms with E-state index in [0.29, 0.717) is 12.1 Å². The average Bonchev–Trinajstić information content (AvgIpc) is 2.44. The first-order chi connectivity index (χ1) is 9.13. The van der Waals surface area contributed by atoms with Gasteiger partial charge in [0.05, 0.1) is 17.7 Å². The molecule has 0 aliphatic rings. The average molecular weight is 255 g/mol. The van der Waals surface area contributed by atoms with Gasteiger partial charge in [-0.2, -0.15) is 5.26 Å². The van der Waals surface area contributed by atoms with Crippen LogP contribution in [0.5, 0.6) is 0 Å². The molecule has 0 amide bonds. The summed E-state index contributed by atoms with van der Waals surface area (Å²) in [6.45, 7) is 2.15. The van der Waals surface area contributed by atoms with Gasteiger partial charge in [-0.3, -0.25) is 0 Å². The molecule has 0 fully saturated rings. The van der Waals surface area contributed by atoms with E-state index in [1.165, 1.54) is 0 Å². The highest BCUT2D eigenvalue weighted by Crippen LogP contribution is 2.26. The van der Waals surface area contributed by atoms with E-state index < -0.39 is 6.10 Å². The molecule has 0 radical (unpaired) electrons. The summed E-state index contributed by atoms with van der Waals surface area (Å²) in [5.74, 6) is 0. The van der Waals surface area contributed by atoms with Crippen molar-refractivity contribution in [3.8, 4) is 6.07 Å². The number of benzene rings is 2. The Bertz CT molecular complexity index is 616. The molecule has 0 saturated heterocycles. The molecule has 2 rings (SSSR count). The number of fused-ring (bicyclic) bond motifs is 1. The van der Waals surface area contributed by atoms with Gasteiger partial charge in [-0.1, -0.05) is 24.3 Å². The van der Waals surface area contributed by atoms with Crippen molar-refractivity contribution >= 4 is 16.5 Å². The minimum Gasteiger partial charge on any atom is -0.392 e. The molecule has 0 spiro atoms. The van der Waals surface area contributed by atoms with E-state index >= 15 is 0 Å². The molecule has 2 aromatic carbocycles. The number of aliphatic hydroxyl groups excluding tert-OH is 1. The Balaban J connectivity index is 2.32. The van der Waals surface area contributed by atoms with Crippen molar-refractivity contribution < 1.29 is 5.11 Å². The van der Waals surface area contributed by atoms with Gasteiger partial charge in [0.15, 0.2) is 0 Å². The fourth-order valence-electron chi connectivity index (χ4n) is 1.95. The van der Waals surface area contributed by atoms with Crippen molar-refractivity contribution in [1.29, 1.82) is 5.26 Å². The quantitative estimate of drug-likeness (QED) is 0.778. The lowest BCUT2D eigenvalue weighted by atomic mass is 10.0. The van der Waals surface area contributed by atoms with Crippen molar-refractivity contribution in [3.05, 3.63) is 42.0 Å². The smallest absolute Gasteiger partial charge is 0.0998 e. The molecule has 4 heteroatoms. The normalized spacial score (nSPS) is 13.8. The molecule has 0 heterocycles. The van der Waals surface area contributed by atoms with Gasteiger partial charge in [0.25, 0.3) is 0 Å². The van der Waals surface area contributed by atoms with Crippen LogP contribution in [0.4, 0.5) is 5.69 Å². The van der Waals surface area contributed by atoms with Gasteiger partial charge < -0.3 is 16.2 Å². The van der Waals surface area contributed by atoms with Gasteiger partial charge in [-0.05, 0) is 19.1 Å². The molecule has 0 aromatic heterocycles. The van der Waals surface area contributed by atoms with Crippen LogP contribution >= 0.6 is 0 Å². The number of nitrogens with zero attached hydrogens (tertiary/aromatic N) is 1. The van der Waals surface area contributed by atoms with Crippen LogP contribution in [0.25, 0.3) is 10.8 Å². The summed E-state index contributed by atoms with van der Waals surface area (Å²) >= 11 is 0. The predicted molar refractivity (Wildman–Crippen MR) is 76.8 cm³/mol. The predicted octanol–water partition coefficient (Wildman–Crippen LogP) is 1.83. The minimum absolute atomic E-state index is 0.325. The van der Waals surface area contributed by atoms with E-state index in [2.05, 4.69) is 11.4 Å². The Kier molecular flexibility index (Phi) is 4.00. The van der Waals surface area contributed by atoms with Crippen LogP contribution < -0.4 is 11.1 Å². The molecular weight excluding hydrogens is 238 g/mol. The Hall–Kier alpha value is -2.09. The second kappa shape index (κ2) is 5.70. The molecule has 2 aromatic rings. The zero-order valence-corrected chi connectivity index (χ0v) is 10.8. The number of aliphatic hydroxyl groups is 1. The van der Waals surface area contributed by atoms with Gasteiger partial charge in [0, 0.05) is 29.0 Å². The van der Waals surface area contributed by atoms with Gasteiger partial charge in [-0.25, -0.2) is 0 Å². The van der Waals surface area contributed by atoms with Crippen LogP contribution in [0.3, 0.4) is 0 Å². The third kappa shape index (κ3) is 2.84. The summed E-state index contributed by atoms with van der Waals surface area (Å²) in [4.78, 5) is 0. The van der Waals surface area contributed by atoms with Crippen LogP contribution in [0.2, 0.25) is 0 Å². The molecule has 19 heavy (non-hydrogen) atoms. The first-order valence-electron chi connectivity index (χ1n) is 6.23. The van der Waals surface area contributed by atoms with Gasteiger partial charge >= 0.3 is 0 Å². The molecule has 2 atom stereocenters. The lowest BCUT2D eigenvalue weighted by molar-refractivity contribution is 0.168. The first-order valence-corrected chi connectivity index (χ1v) is 6.23. The van der Waals surface area contributed by atoms with E-state index in [0.717, 1.165) is 16.5 Å². The Morgan fingerprint density at radius 2 is 1.95 bits per heavy atom. The van der Waals surface area contributed by atoms with E-state index in [9.17, 15) is 5.11 Å². The second-order valence-electron chi connectivity index (χ2n) is 4.60. The lowest BCUT2D eigenvalue weighted by Crippen LogP contribution is -2.38. The second-order valence-corrected chi connectivity index (χ2v) is 4.60. The summed E-state index contributed by atoms with van der Waals surface area (Å²) in [5, 5.41) is 23.6. The summed E-state index contributed by atoms with van der Waals surface area (Å²) in [6.07, 6.45) is -0.558. The Morgan fingerprint density at radius 1 is 1.26 bits per heavy atom. The van der Waals surface area contributed by atoms with Crippen LogP contribution in [0, 0.1) is 11.3 Å². The van der Waals surface area contributed by atoms with Gasteiger partial charge in [0.1, 0.15) is 0 Å². The van der Waals surface area contributed by atoms with Crippen LogP contribution in [0.15, 0.2) is 36.4 Å². The fourth-order valence-corrected chi connectivity index (χ4v) is 1.95. The number of nitriles is 1. The number of anilines is 1. The highest BCUT2D eigenvalue weighted by atomic mass is 16.3. The largest absolute Gasteiger partial charge is 0.392 e. The van der Waals surface area contributed by atoms with E-state index in [1.807, 2.05) is 30.3 Å². The maximum atomic E-state index is 9.39. The summed E-state index contributed by atoms with van der Waals surface area (Å²) in [6, 6.07) is 13.3. The Labute approximate surface area is 112 Å². The van der Waals surface area contributed by atoms with E-state index in [4.69, 9.17) is 11.0 Å². The summed E-state index contributed by atoms with van der Waals surface area (Å²) in [7, 11) is 0. The Morgan fingerprint density at radius 3 is 2.58 bits per heavy atom. The van der Waals surface area contributed by atoms with Crippen molar-refractivity contribution in [2.24, 2.45) is 5.73 Å². The maximum absolute atomic E-state index is 9.39. The topological polar surface area (TPSA) is 82.1 Å². The molecule has 98 valence electrons. The highest BCUT2D eigenvalue weighted by molar-refractivity contribution is 5.97. The highest BCUT2D eigenvalue weighted by Gasteiger charge is 2.10. The van der Waals surface area contributed by atoms with E-state index in [1.54, 1.807) is 13.0 Å². The number of nitrogens with two attached hydrogens (primary N) is 1. The number of hydrogen-bond acceptors (Lipinski definition) is 4. The standard InChI is InChI=1S/C15H17N3O/c1-10(19)14(17)9-18-15-7-6-11(8-16)12-4-2-3-5-13(12)15/h2-7,10,14,18-19H,9,17H2,1H3. The lowest BCUT2D eigenvalue weighted by Gasteiger charge is -2.17. The molecule has 0 aliphatic heterocycles. The molecule has 0 bridgehead atoms. The van der Waals surface area contributed by atoms with Crippen molar-refractivity contribution in [1.82, 2.24) is 0 Å². The van der Waals surface area contributed by atoms with Crippen LogP contribution in [-0.4, -0.2) is 23.8 Å². The van der Waals surface area contributed by atoms with Gasteiger partial charge in [-0.15, -0.1) is 0 Å². The molecule has 4 nitrogen and oxygen atoms in total. The fraction of sp³-hybridized carbons (Fsp3) is 0.267. The maximum Gasteiger partial charge on any atom is 0.0998 e. The summed E-state index contributed by atoms with van der Waals surface area (Å²) < 4.78 is 0. The molecule has 4 N–H and O–H groups in total. The SMILES string of the molecule is CC(O)C(N)CNc1ccc(C#N)c2ccccc12. The number of hydrogen-bond donors (Lipinski definition) is 3. The monoisotopic (exact) mass is 255 g/mol. The summed E-state index contributed by atoms with van der Waals surface area (Å²) in [5.41, 5.74) is 7.38. The zero-order chi connectivity index (χ0) is 13.8. The number of rotatable bonds is 4. The third-order valence-electron chi connectivity index (χ3n) is 3.19. The van der Waals surface area contributed by atoms with Crippen LogP contribution in [-0.2, 0) is 0 Å². The third-order valence-corrected chi connectivity index (χ3v) is 3.19. The van der Waals surface area contributed by atoms with Crippen molar-refractivity contribution in [2.75, 3.05) is 11.9 Å². The van der Waals surface area contributed by atoms with Crippen molar-refractivity contribution in [3.63, 3.8) is 0 Å². The first kappa shape index (κ1) is 13.3. The molecule has 0 aliphatic carbocycles. The van der Waals surface area contributed by atoms with Crippen LogP contribution in [0.1, 0.15) is 12.5 Å². The van der Waals surface area contributed by atoms with Gasteiger partial charge in [0.2, 0.25) is 0 Å². The molecule has 0 saturated carbocycles. The molecule has 2 unspecified atom stereocenters. The zero-order valence-electron chi connectivity index (χ0n) is 10.8. The number of nitrogens with one attached hydrogen (secondary N) is 1. The molecular formula is C15H17N3O. The minimum atomic E-state index is -0.558. The van der Waals surface area contributed by atoms with Crippen molar-refractivity contribution in [2.45, 2.75) is 19.1 Å².